The molecule has 104 valence electrons. The van der Waals surface area contributed by atoms with Crippen molar-refractivity contribution in [1.82, 2.24) is 9.97 Å². The van der Waals surface area contributed by atoms with Gasteiger partial charge in [0.05, 0.1) is 5.75 Å². The average Bonchev–Trinajstić information content (AvgIpc) is 2.47. The Hall–Kier alpha value is -1.13. The molecule has 0 radical (unpaired) electrons. The summed E-state index contributed by atoms with van der Waals surface area (Å²) in [5, 5.41) is 0.601. The number of halogens is 2. The standard InChI is InChI=1S/C15H14ClFN2S/c16-15-12-3-1-2-4-13(12)18-14(19-15)9-20-11-7-5-10(17)6-8-11/h5-8H,1-4,9H2. The maximum atomic E-state index is 12.8. The average molecular weight is 309 g/mol. The Morgan fingerprint density at radius 2 is 1.85 bits per heavy atom. The molecule has 0 fully saturated rings. The first-order valence-electron chi connectivity index (χ1n) is 6.65. The molecule has 1 aromatic carbocycles. The summed E-state index contributed by atoms with van der Waals surface area (Å²) in [6.45, 7) is 0. The lowest BCUT2D eigenvalue weighted by Crippen LogP contribution is -2.10. The number of benzene rings is 1. The monoisotopic (exact) mass is 308 g/mol. The molecule has 1 aliphatic carbocycles. The summed E-state index contributed by atoms with van der Waals surface area (Å²) >= 11 is 7.83. The van der Waals surface area contributed by atoms with Gasteiger partial charge in [-0.15, -0.1) is 11.8 Å². The van der Waals surface area contributed by atoms with Crippen LogP contribution in [0.15, 0.2) is 29.2 Å². The molecule has 20 heavy (non-hydrogen) atoms. The van der Waals surface area contributed by atoms with Gasteiger partial charge in [0.1, 0.15) is 16.8 Å². The molecular weight excluding hydrogens is 295 g/mol. The highest BCUT2D eigenvalue weighted by Gasteiger charge is 2.16. The van der Waals surface area contributed by atoms with E-state index in [1.165, 1.54) is 25.0 Å². The summed E-state index contributed by atoms with van der Waals surface area (Å²) in [4.78, 5) is 10.00. The minimum absolute atomic E-state index is 0.220. The van der Waals surface area contributed by atoms with Gasteiger partial charge in [0.25, 0.3) is 0 Å². The van der Waals surface area contributed by atoms with Crippen LogP contribution in [-0.4, -0.2) is 9.97 Å². The summed E-state index contributed by atoms with van der Waals surface area (Å²) in [5.41, 5.74) is 2.22. The zero-order valence-electron chi connectivity index (χ0n) is 10.9. The van der Waals surface area contributed by atoms with Crippen molar-refractivity contribution in [3.63, 3.8) is 0 Å². The minimum Gasteiger partial charge on any atom is -0.237 e. The molecular formula is C15H14ClFN2S. The van der Waals surface area contributed by atoms with Crippen LogP contribution in [-0.2, 0) is 18.6 Å². The Morgan fingerprint density at radius 3 is 2.65 bits per heavy atom. The maximum Gasteiger partial charge on any atom is 0.140 e. The Balaban J connectivity index is 1.74. The van der Waals surface area contributed by atoms with Crippen molar-refractivity contribution in [3.8, 4) is 0 Å². The third-order valence-corrected chi connectivity index (χ3v) is 4.68. The van der Waals surface area contributed by atoms with Crippen LogP contribution in [0.5, 0.6) is 0 Å². The molecule has 0 atom stereocenters. The lowest BCUT2D eigenvalue weighted by Gasteiger charge is -2.16. The molecule has 1 aromatic heterocycles. The van der Waals surface area contributed by atoms with Crippen LogP contribution in [0.1, 0.15) is 29.9 Å². The Kier molecular flexibility index (Phi) is 4.22. The van der Waals surface area contributed by atoms with Crippen LogP contribution in [0, 0.1) is 5.82 Å². The molecule has 0 spiro atoms. The molecule has 0 aliphatic heterocycles. The SMILES string of the molecule is Fc1ccc(SCc2nc(Cl)c3c(n2)CCCC3)cc1. The number of rotatable bonds is 3. The van der Waals surface area contributed by atoms with E-state index in [0.29, 0.717) is 10.9 Å². The highest BCUT2D eigenvalue weighted by Crippen LogP contribution is 2.27. The molecule has 0 N–H and O–H groups in total. The molecule has 0 bridgehead atoms. The number of thioether (sulfide) groups is 1. The van der Waals surface area contributed by atoms with Crippen molar-refractivity contribution in [2.24, 2.45) is 0 Å². The number of hydrogen-bond acceptors (Lipinski definition) is 3. The van der Waals surface area contributed by atoms with Gasteiger partial charge in [0.2, 0.25) is 0 Å². The van der Waals surface area contributed by atoms with Crippen molar-refractivity contribution in [2.75, 3.05) is 0 Å². The Morgan fingerprint density at radius 1 is 1.10 bits per heavy atom. The summed E-state index contributed by atoms with van der Waals surface area (Å²) in [6.07, 6.45) is 4.32. The first kappa shape index (κ1) is 13.8. The largest absolute Gasteiger partial charge is 0.237 e. The first-order chi connectivity index (χ1) is 9.72. The van der Waals surface area contributed by atoms with Gasteiger partial charge in [-0.25, -0.2) is 14.4 Å². The summed E-state index contributed by atoms with van der Waals surface area (Å²) in [6, 6.07) is 6.45. The smallest absolute Gasteiger partial charge is 0.140 e. The van der Waals surface area contributed by atoms with Crippen LogP contribution >= 0.6 is 23.4 Å². The normalized spacial score (nSPS) is 14.1. The molecule has 2 aromatic rings. The van der Waals surface area contributed by atoms with E-state index >= 15 is 0 Å². The van der Waals surface area contributed by atoms with Crippen molar-refractivity contribution >= 4 is 23.4 Å². The maximum absolute atomic E-state index is 12.8. The van der Waals surface area contributed by atoms with Gasteiger partial charge in [0.15, 0.2) is 0 Å². The van der Waals surface area contributed by atoms with E-state index < -0.39 is 0 Å². The number of fused-ring (bicyclic) bond motifs is 1. The fourth-order valence-electron chi connectivity index (χ4n) is 2.34. The van der Waals surface area contributed by atoms with Gasteiger partial charge in [-0.1, -0.05) is 11.6 Å². The van der Waals surface area contributed by atoms with E-state index in [-0.39, 0.29) is 5.82 Å². The van der Waals surface area contributed by atoms with Crippen molar-refractivity contribution in [3.05, 3.63) is 52.3 Å². The zero-order chi connectivity index (χ0) is 13.9. The number of aromatic nitrogens is 2. The van der Waals surface area contributed by atoms with Crippen LogP contribution in [0.25, 0.3) is 0 Å². The van der Waals surface area contributed by atoms with E-state index in [0.717, 1.165) is 34.8 Å². The molecule has 3 rings (SSSR count). The fraction of sp³-hybridized carbons (Fsp3) is 0.333. The van der Waals surface area contributed by atoms with Crippen LogP contribution in [0.3, 0.4) is 0 Å². The summed E-state index contributed by atoms with van der Waals surface area (Å²) in [7, 11) is 0. The molecule has 0 saturated carbocycles. The van der Waals surface area contributed by atoms with E-state index in [4.69, 9.17) is 11.6 Å². The van der Waals surface area contributed by atoms with Gasteiger partial charge in [-0.2, -0.15) is 0 Å². The number of hydrogen-bond donors (Lipinski definition) is 0. The van der Waals surface area contributed by atoms with Gasteiger partial charge < -0.3 is 0 Å². The lowest BCUT2D eigenvalue weighted by molar-refractivity contribution is 0.626. The van der Waals surface area contributed by atoms with Gasteiger partial charge in [-0.3, -0.25) is 0 Å². The molecule has 1 heterocycles. The second kappa shape index (κ2) is 6.10. The lowest BCUT2D eigenvalue weighted by atomic mass is 9.97. The van der Waals surface area contributed by atoms with E-state index in [2.05, 4.69) is 9.97 Å². The van der Waals surface area contributed by atoms with Gasteiger partial charge >= 0.3 is 0 Å². The highest BCUT2D eigenvalue weighted by atomic mass is 35.5. The predicted molar refractivity (Wildman–Crippen MR) is 79.6 cm³/mol. The summed E-state index contributed by atoms with van der Waals surface area (Å²) < 4.78 is 12.8. The van der Waals surface area contributed by atoms with E-state index in [1.807, 2.05) is 0 Å². The van der Waals surface area contributed by atoms with E-state index in [9.17, 15) is 4.39 Å². The molecule has 1 aliphatic rings. The first-order valence-corrected chi connectivity index (χ1v) is 8.01. The molecule has 0 saturated heterocycles. The van der Waals surface area contributed by atoms with Crippen LogP contribution in [0.4, 0.5) is 4.39 Å². The summed E-state index contributed by atoms with van der Waals surface area (Å²) in [5.74, 6) is 1.19. The third-order valence-electron chi connectivity index (χ3n) is 3.36. The van der Waals surface area contributed by atoms with Crippen molar-refractivity contribution in [2.45, 2.75) is 36.3 Å². The topological polar surface area (TPSA) is 25.8 Å². The molecule has 0 unspecified atom stereocenters. The highest BCUT2D eigenvalue weighted by molar-refractivity contribution is 7.98. The quantitative estimate of drug-likeness (QED) is 0.619. The molecule has 5 heteroatoms. The zero-order valence-corrected chi connectivity index (χ0v) is 12.5. The second-order valence-electron chi connectivity index (χ2n) is 4.81. The Bertz CT molecular complexity index is 616. The minimum atomic E-state index is -0.220. The molecule has 2 nitrogen and oxygen atoms in total. The van der Waals surface area contributed by atoms with Gasteiger partial charge in [-0.05, 0) is 49.9 Å². The van der Waals surface area contributed by atoms with Gasteiger partial charge in [0, 0.05) is 16.2 Å². The van der Waals surface area contributed by atoms with Crippen LogP contribution in [0.2, 0.25) is 5.15 Å². The number of nitrogens with zero attached hydrogens (tertiary/aromatic N) is 2. The predicted octanol–water partition coefficient (Wildman–Crippen LogP) is 4.44. The second-order valence-corrected chi connectivity index (χ2v) is 6.21. The van der Waals surface area contributed by atoms with Crippen molar-refractivity contribution < 1.29 is 4.39 Å². The van der Waals surface area contributed by atoms with Crippen molar-refractivity contribution in [1.29, 1.82) is 0 Å². The number of aryl methyl sites for hydroxylation is 1. The fourth-order valence-corrected chi connectivity index (χ4v) is 3.39. The van der Waals surface area contributed by atoms with E-state index in [1.54, 1.807) is 23.9 Å². The van der Waals surface area contributed by atoms with Crippen LogP contribution < -0.4 is 0 Å². The third kappa shape index (κ3) is 3.13. The molecule has 0 amide bonds. The Labute approximate surface area is 126 Å².